The molecule has 2 saturated heterocycles. The van der Waals surface area contributed by atoms with Crippen molar-refractivity contribution in [1.82, 2.24) is 14.9 Å². The first kappa shape index (κ1) is 20.8. The van der Waals surface area contributed by atoms with Gasteiger partial charge < -0.3 is 14.7 Å². The van der Waals surface area contributed by atoms with Gasteiger partial charge >= 0.3 is 0 Å². The molecule has 1 amide bonds. The average Bonchev–Trinajstić information content (AvgIpc) is 2.76. The molecule has 3 heterocycles. The van der Waals surface area contributed by atoms with Gasteiger partial charge in [-0.05, 0) is 38.3 Å². The maximum absolute atomic E-state index is 14.0. The minimum Gasteiger partial charge on any atom is -0.356 e. The molecule has 0 bridgehead atoms. The number of rotatable bonds is 4. The third kappa shape index (κ3) is 4.67. The summed E-state index contributed by atoms with van der Waals surface area (Å²) in [5.41, 5.74) is 0.268. The second-order valence-corrected chi connectivity index (χ2v) is 8.33. The SMILES string of the molecule is Cc1nc(N2CCCCC2)cc(N2CCN(C(=O)Cc3c(F)cccc3Cl)CC2)n1. The summed E-state index contributed by atoms with van der Waals surface area (Å²) in [5, 5.41) is 0.295. The van der Waals surface area contributed by atoms with Crippen molar-refractivity contribution >= 4 is 29.1 Å². The fourth-order valence-corrected chi connectivity index (χ4v) is 4.36. The van der Waals surface area contributed by atoms with Crippen LogP contribution >= 0.6 is 11.6 Å². The molecule has 160 valence electrons. The number of aromatic nitrogens is 2. The monoisotopic (exact) mass is 431 g/mol. The van der Waals surface area contributed by atoms with Crippen LogP contribution in [-0.4, -0.2) is 60.0 Å². The van der Waals surface area contributed by atoms with E-state index in [1.165, 1.54) is 25.3 Å². The van der Waals surface area contributed by atoms with Crippen LogP contribution in [0.4, 0.5) is 16.0 Å². The van der Waals surface area contributed by atoms with Crippen LogP contribution in [-0.2, 0) is 11.2 Å². The summed E-state index contributed by atoms with van der Waals surface area (Å²) in [6.07, 6.45) is 3.66. The normalized spacial score (nSPS) is 17.4. The van der Waals surface area contributed by atoms with Crippen LogP contribution in [0.5, 0.6) is 0 Å². The van der Waals surface area contributed by atoms with Gasteiger partial charge in [0.15, 0.2) is 0 Å². The first-order valence-electron chi connectivity index (χ1n) is 10.6. The molecular formula is C22H27ClFN5O. The first-order valence-corrected chi connectivity index (χ1v) is 11.0. The number of aryl methyl sites for hydroxylation is 1. The van der Waals surface area contributed by atoms with E-state index in [0.717, 1.165) is 30.5 Å². The molecule has 8 heteroatoms. The van der Waals surface area contributed by atoms with E-state index in [2.05, 4.69) is 25.8 Å². The highest BCUT2D eigenvalue weighted by atomic mass is 35.5. The molecule has 6 nitrogen and oxygen atoms in total. The standard InChI is InChI=1S/C22H27ClFN5O/c1-16-25-20(27-8-3-2-4-9-27)15-21(26-16)28-10-12-29(13-11-28)22(30)14-17-18(23)6-5-7-19(17)24/h5-7,15H,2-4,8-14H2,1H3. The molecule has 0 saturated carbocycles. The van der Waals surface area contributed by atoms with Crippen LogP contribution in [0, 0.1) is 12.7 Å². The molecule has 0 atom stereocenters. The molecule has 0 N–H and O–H groups in total. The number of carbonyl (C=O) groups excluding carboxylic acids is 1. The van der Waals surface area contributed by atoms with Crippen molar-refractivity contribution in [2.45, 2.75) is 32.6 Å². The van der Waals surface area contributed by atoms with Gasteiger partial charge in [0.05, 0.1) is 6.42 Å². The Bertz CT molecular complexity index is 890. The van der Waals surface area contributed by atoms with Gasteiger partial charge in [-0.25, -0.2) is 14.4 Å². The van der Waals surface area contributed by atoms with Gasteiger partial charge in [-0.1, -0.05) is 17.7 Å². The Morgan fingerprint density at radius 3 is 2.27 bits per heavy atom. The Morgan fingerprint density at radius 1 is 1.00 bits per heavy atom. The van der Waals surface area contributed by atoms with Crippen LogP contribution in [0.3, 0.4) is 0 Å². The van der Waals surface area contributed by atoms with E-state index in [0.29, 0.717) is 31.2 Å². The van der Waals surface area contributed by atoms with Crippen LogP contribution in [0.2, 0.25) is 5.02 Å². The van der Waals surface area contributed by atoms with Crippen molar-refractivity contribution in [2.75, 3.05) is 49.1 Å². The number of nitrogens with zero attached hydrogens (tertiary/aromatic N) is 5. The summed E-state index contributed by atoms with van der Waals surface area (Å²) < 4.78 is 14.0. The molecule has 30 heavy (non-hydrogen) atoms. The van der Waals surface area contributed by atoms with Gasteiger partial charge in [0.1, 0.15) is 23.3 Å². The second kappa shape index (κ2) is 9.16. The Balaban J connectivity index is 1.39. The number of benzene rings is 1. The molecule has 2 fully saturated rings. The molecule has 0 radical (unpaired) electrons. The number of hydrogen-bond acceptors (Lipinski definition) is 5. The molecule has 2 aliphatic rings. The van der Waals surface area contributed by atoms with E-state index in [4.69, 9.17) is 11.6 Å². The lowest BCUT2D eigenvalue weighted by atomic mass is 10.1. The summed E-state index contributed by atoms with van der Waals surface area (Å²) in [4.78, 5) is 28.3. The highest BCUT2D eigenvalue weighted by Crippen LogP contribution is 2.24. The van der Waals surface area contributed by atoms with Crippen molar-refractivity contribution in [1.29, 1.82) is 0 Å². The molecule has 0 aliphatic carbocycles. The quantitative estimate of drug-likeness (QED) is 0.742. The highest BCUT2D eigenvalue weighted by Gasteiger charge is 2.24. The van der Waals surface area contributed by atoms with Crippen molar-refractivity contribution < 1.29 is 9.18 Å². The fourth-order valence-electron chi connectivity index (χ4n) is 4.13. The summed E-state index contributed by atoms with van der Waals surface area (Å²) in [5.74, 6) is 2.13. The Hall–Kier alpha value is -2.41. The lowest BCUT2D eigenvalue weighted by Gasteiger charge is -2.36. The first-order chi connectivity index (χ1) is 14.5. The van der Waals surface area contributed by atoms with Crippen LogP contribution in [0.15, 0.2) is 24.3 Å². The number of anilines is 2. The topological polar surface area (TPSA) is 52.6 Å². The molecule has 4 rings (SSSR count). The van der Waals surface area contributed by atoms with Crippen molar-refractivity contribution in [3.63, 3.8) is 0 Å². The molecular weight excluding hydrogens is 405 g/mol. The summed E-state index contributed by atoms with van der Waals surface area (Å²) in [6.45, 7) is 6.53. The van der Waals surface area contributed by atoms with Crippen molar-refractivity contribution in [2.24, 2.45) is 0 Å². The zero-order chi connectivity index (χ0) is 21.1. The summed E-state index contributed by atoms with van der Waals surface area (Å²) >= 11 is 6.07. The molecule has 2 aliphatic heterocycles. The van der Waals surface area contributed by atoms with E-state index in [9.17, 15) is 9.18 Å². The number of carbonyl (C=O) groups is 1. The van der Waals surface area contributed by atoms with Crippen LogP contribution < -0.4 is 9.80 Å². The van der Waals surface area contributed by atoms with Crippen molar-refractivity contribution in [3.05, 3.63) is 46.5 Å². The maximum atomic E-state index is 14.0. The van der Waals surface area contributed by atoms with Gasteiger partial charge in [0.25, 0.3) is 0 Å². The second-order valence-electron chi connectivity index (χ2n) is 7.92. The number of halogens is 2. The Morgan fingerprint density at radius 2 is 1.63 bits per heavy atom. The number of piperidine rings is 1. The summed E-state index contributed by atoms with van der Waals surface area (Å²) in [6, 6.07) is 6.56. The lowest BCUT2D eigenvalue weighted by Crippen LogP contribution is -2.49. The largest absolute Gasteiger partial charge is 0.356 e. The Kier molecular flexibility index (Phi) is 6.37. The molecule has 2 aromatic rings. The minimum absolute atomic E-state index is 0.0166. The Labute approximate surface area is 181 Å². The van der Waals surface area contributed by atoms with Gasteiger partial charge in [-0.15, -0.1) is 0 Å². The van der Waals surface area contributed by atoms with Crippen LogP contribution in [0.1, 0.15) is 30.7 Å². The molecule has 0 unspecified atom stereocenters. The summed E-state index contributed by atoms with van der Waals surface area (Å²) in [7, 11) is 0. The molecule has 0 spiro atoms. The van der Waals surface area contributed by atoms with E-state index >= 15 is 0 Å². The van der Waals surface area contributed by atoms with E-state index in [1.54, 1.807) is 17.0 Å². The average molecular weight is 432 g/mol. The molecule has 1 aromatic heterocycles. The van der Waals surface area contributed by atoms with E-state index in [-0.39, 0.29) is 17.9 Å². The lowest BCUT2D eigenvalue weighted by molar-refractivity contribution is -0.130. The zero-order valence-electron chi connectivity index (χ0n) is 17.3. The third-order valence-electron chi connectivity index (χ3n) is 5.84. The number of hydrogen-bond donors (Lipinski definition) is 0. The third-order valence-corrected chi connectivity index (χ3v) is 6.19. The predicted molar refractivity (Wildman–Crippen MR) is 117 cm³/mol. The van der Waals surface area contributed by atoms with Gasteiger partial charge in [0, 0.05) is 55.9 Å². The zero-order valence-corrected chi connectivity index (χ0v) is 18.0. The smallest absolute Gasteiger partial charge is 0.227 e. The molecule has 1 aromatic carbocycles. The van der Waals surface area contributed by atoms with Gasteiger partial charge in [-0.3, -0.25) is 4.79 Å². The van der Waals surface area contributed by atoms with E-state index < -0.39 is 5.82 Å². The number of piperazine rings is 1. The number of amides is 1. The minimum atomic E-state index is -0.434. The fraction of sp³-hybridized carbons (Fsp3) is 0.500. The maximum Gasteiger partial charge on any atom is 0.227 e. The highest BCUT2D eigenvalue weighted by molar-refractivity contribution is 6.31. The predicted octanol–water partition coefficient (Wildman–Crippen LogP) is 3.46. The van der Waals surface area contributed by atoms with Crippen molar-refractivity contribution in [3.8, 4) is 0 Å². The van der Waals surface area contributed by atoms with E-state index in [1.807, 2.05) is 6.92 Å². The van der Waals surface area contributed by atoms with Gasteiger partial charge in [-0.2, -0.15) is 0 Å². The van der Waals surface area contributed by atoms with Crippen LogP contribution in [0.25, 0.3) is 0 Å². The van der Waals surface area contributed by atoms with Gasteiger partial charge in [0.2, 0.25) is 5.91 Å².